The van der Waals surface area contributed by atoms with Crippen LogP contribution >= 0.6 is 15.9 Å². The van der Waals surface area contributed by atoms with Crippen LogP contribution in [0, 0.1) is 12.3 Å². The van der Waals surface area contributed by atoms with Gasteiger partial charge in [-0.15, -0.1) is 0 Å². The van der Waals surface area contributed by atoms with Crippen LogP contribution < -0.4 is 0 Å². The molecule has 3 heteroatoms. The lowest BCUT2D eigenvalue weighted by atomic mass is 10.1. The first-order chi connectivity index (χ1) is 6.15. The summed E-state index contributed by atoms with van der Waals surface area (Å²) in [5.41, 5.74) is 1.97. The van der Waals surface area contributed by atoms with Gasteiger partial charge in [0.2, 0.25) is 5.90 Å². The maximum Gasteiger partial charge on any atom is 0.213 e. The Bertz CT molecular complexity index is 323. The zero-order chi connectivity index (χ0) is 9.84. The molecular formula is C10H12BrNO. The quantitative estimate of drug-likeness (QED) is 0.627. The minimum absolute atomic E-state index is 0.225. The van der Waals surface area contributed by atoms with Crippen molar-refractivity contribution in [3.05, 3.63) is 33.8 Å². The van der Waals surface area contributed by atoms with Gasteiger partial charge < -0.3 is 4.74 Å². The van der Waals surface area contributed by atoms with Crippen molar-refractivity contribution in [3.63, 3.8) is 0 Å². The van der Waals surface area contributed by atoms with Gasteiger partial charge >= 0.3 is 0 Å². The second kappa shape index (κ2) is 4.42. The lowest BCUT2D eigenvalue weighted by Crippen LogP contribution is -2.04. The Hall–Kier alpha value is -0.830. The highest BCUT2D eigenvalue weighted by Gasteiger charge is 2.03. The summed E-state index contributed by atoms with van der Waals surface area (Å²) in [4.78, 5) is 0. The SMILES string of the molecule is CCOC(=N)c1ccc(C)c(Br)c1. The topological polar surface area (TPSA) is 33.1 Å². The summed E-state index contributed by atoms with van der Waals surface area (Å²) in [6, 6.07) is 5.75. The van der Waals surface area contributed by atoms with Crippen molar-refractivity contribution in [1.82, 2.24) is 0 Å². The van der Waals surface area contributed by atoms with Crippen LogP contribution in [0.1, 0.15) is 18.1 Å². The van der Waals surface area contributed by atoms with Gasteiger partial charge in [-0.1, -0.05) is 22.0 Å². The summed E-state index contributed by atoms with van der Waals surface area (Å²) < 4.78 is 6.09. The zero-order valence-electron chi connectivity index (χ0n) is 7.73. The second-order valence-electron chi connectivity index (χ2n) is 2.73. The third-order valence-corrected chi connectivity index (χ3v) is 2.58. The van der Waals surface area contributed by atoms with E-state index in [1.807, 2.05) is 32.0 Å². The minimum atomic E-state index is 0.225. The van der Waals surface area contributed by atoms with Gasteiger partial charge in [0.25, 0.3) is 0 Å². The van der Waals surface area contributed by atoms with E-state index in [1.165, 1.54) is 0 Å². The molecule has 1 aromatic rings. The molecule has 0 aliphatic heterocycles. The molecule has 70 valence electrons. The molecule has 13 heavy (non-hydrogen) atoms. The molecule has 0 saturated carbocycles. The predicted octanol–water partition coefficient (Wildman–Crippen LogP) is 3.12. The number of ether oxygens (including phenoxy) is 1. The van der Waals surface area contributed by atoms with Crippen LogP contribution in [0.2, 0.25) is 0 Å². The van der Waals surface area contributed by atoms with Crippen LogP contribution in [0.15, 0.2) is 22.7 Å². The molecule has 0 heterocycles. The molecule has 1 rings (SSSR count). The zero-order valence-corrected chi connectivity index (χ0v) is 9.31. The normalized spacial score (nSPS) is 9.77. The van der Waals surface area contributed by atoms with Crippen molar-refractivity contribution in [3.8, 4) is 0 Å². The van der Waals surface area contributed by atoms with Crippen LogP contribution in [0.4, 0.5) is 0 Å². The van der Waals surface area contributed by atoms with E-state index in [0.717, 1.165) is 15.6 Å². The average Bonchev–Trinajstić information content (AvgIpc) is 2.10. The summed E-state index contributed by atoms with van der Waals surface area (Å²) in [6.07, 6.45) is 0. The van der Waals surface area contributed by atoms with Gasteiger partial charge in [0.1, 0.15) is 0 Å². The van der Waals surface area contributed by atoms with E-state index < -0.39 is 0 Å². The van der Waals surface area contributed by atoms with Crippen LogP contribution in [0.5, 0.6) is 0 Å². The number of rotatable bonds is 2. The number of hydrogen-bond donors (Lipinski definition) is 1. The fourth-order valence-corrected chi connectivity index (χ4v) is 1.34. The fourth-order valence-electron chi connectivity index (χ4n) is 0.962. The highest BCUT2D eigenvalue weighted by molar-refractivity contribution is 9.10. The van der Waals surface area contributed by atoms with Crippen molar-refractivity contribution in [2.45, 2.75) is 13.8 Å². The molecule has 0 aliphatic carbocycles. The summed E-state index contributed by atoms with van der Waals surface area (Å²) in [5, 5.41) is 7.55. The highest BCUT2D eigenvalue weighted by Crippen LogP contribution is 2.17. The molecule has 1 N–H and O–H groups in total. The first-order valence-corrected chi connectivity index (χ1v) is 4.92. The van der Waals surface area contributed by atoms with Crippen LogP contribution in [-0.2, 0) is 4.74 Å². The maximum absolute atomic E-state index is 7.55. The van der Waals surface area contributed by atoms with Gasteiger partial charge in [0.05, 0.1) is 6.61 Å². The molecule has 0 radical (unpaired) electrons. The van der Waals surface area contributed by atoms with Gasteiger partial charge in [-0.2, -0.15) is 0 Å². The molecule has 0 amide bonds. The fraction of sp³-hybridized carbons (Fsp3) is 0.300. The summed E-state index contributed by atoms with van der Waals surface area (Å²) in [6.45, 7) is 4.42. The number of aryl methyl sites for hydroxylation is 1. The minimum Gasteiger partial charge on any atom is -0.478 e. The maximum atomic E-state index is 7.55. The van der Waals surface area contributed by atoms with E-state index in [0.29, 0.717) is 6.61 Å². The van der Waals surface area contributed by atoms with E-state index in [-0.39, 0.29) is 5.90 Å². The molecule has 2 nitrogen and oxygen atoms in total. The van der Waals surface area contributed by atoms with E-state index in [9.17, 15) is 0 Å². The number of hydrogen-bond acceptors (Lipinski definition) is 2. The molecule has 0 unspecified atom stereocenters. The third-order valence-electron chi connectivity index (χ3n) is 1.72. The molecule has 0 saturated heterocycles. The summed E-state index contributed by atoms with van der Waals surface area (Å²) >= 11 is 3.41. The van der Waals surface area contributed by atoms with Crippen molar-refractivity contribution in [1.29, 1.82) is 5.41 Å². The summed E-state index contributed by atoms with van der Waals surface area (Å²) in [5.74, 6) is 0.225. The predicted molar refractivity (Wildman–Crippen MR) is 57.3 cm³/mol. The van der Waals surface area contributed by atoms with Gasteiger partial charge in [0, 0.05) is 10.0 Å². The van der Waals surface area contributed by atoms with E-state index in [4.69, 9.17) is 10.1 Å². The second-order valence-corrected chi connectivity index (χ2v) is 3.58. The van der Waals surface area contributed by atoms with E-state index >= 15 is 0 Å². The third kappa shape index (κ3) is 2.56. The number of nitrogens with one attached hydrogen (secondary N) is 1. The van der Waals surface area contributed by atoms with Crippen LogP contribution in [-0.4, -0.2) is 12.5 Å². The van der Waals surface area contributed by atoms with Crippen LogP contribution in [0.3, 0.4) is 0 Å². The van der Waals surface area contributed by atoms with Crippen LogP contribution in [0.25, 0.3) is 0 Å². The van der Waals surface area contributed by atoms with Gasteiger partial charge in [0.15, 0.2) is 0 Å². The average molecular weight is 242 g/mol. The van der Waals surface area contributed by atoms with Crippen molar-refractivity contribution in [2.75, 3.05) is 6.61 Å². The molecule has 0 aliphatic rings. The largest absolute Gasteiger partial charge is 0.478 e. The number of halogens is 1. The Morgan fingerprint density at radius 1 is 1.54 bits per heavy atom. The van der Waals surface area contributed by atoms with Gasteiger partial charge in [-0.05, 0) is 31.5 Å². The highest BCUT2D eigenvalue weighted by atomic mass is 79.9. The Morgan fingerprint density at radius 3 is 2.77 bits per heavy atom. The van der Waals surface area contributed by atoms with Crippen molar-refractivity contribution >= 4 is 21.8 Å². The van der Waals surface area contributed by atoms with Crippen molar-refractivity contribution < 1.29 is 4.74 Å². The lowest BCUT2D eigenvalue weighted by Gasteiger charge is -2.06. The Labute approximate surface area is 86.6 Å². The van der Waals surface area contributed by atoms with E-state index in [2.05, 4.69) is 15.9 Å². The first-order valence-electron chi connectivity index (χ1n) is 4.13. The molecule has 1 aromatic carbocycles. The Morgan fingerprint density at radius 2 is 2.23 bits per heavy atom. The first kappa shape index (κ1) is 10.3. The van der Waals surface area contributed by atoms with E-state index in [1.54, 1.807) is 0 Å². The summed E-state index contributed by atoms with van der Waals surface area (Å²) in [7, 11) is 0. The molecule has 0 atom stereocenters. The van der Waals surface area contributed by atoms with Gasteiger partial charge in [-0.25, -0.2) is 0 Å². The number of benzene rings is 1. The molecule has 0 fully saturated rings. The monoisotopic (exact) mass is 241 g/mol. The van der Waals surface area contributed by atoms with Crippen molar-refractivity contribution in [2.24, 2.45) is 0 Å². The molecular weight excluding hydrogens is 230 g/mol. The molecule has 0 spiro atoms. The van der Waals surface area contributed by atoms with Gasteiger partial charge in [-0.3, -0.25) is 5.41 Å². The Balaban J connectivity index is 2.90. The Kier molecular flexibility index (Phi) is 3.48. The molecule has 0 bridgehead atoms. The smallest absolute Gasteiger partial charge is 0.213 e. The standard InChI is InChI=1S/C10H12BrNO/c1-3-13-10(12)8-5-4-7(2)9(11)6-8/h4-6,12H,3H2,1-2H3. The lowest BCUT2D eigenvalue weighted by molar-refractivity contribution is 0.325. The molecule has 0 aromatic heterocycles.